The van der Waals surface area contributed by atoms with E-state index in [9.17, 15) is 0 Å². The van der Waals surface area contributed by atoms with E-state index in [-0.39, 0.29) is 12.7 Å². The predicted octanol–water partition coefficient (Wildman–Crippen LogP) is -0.0114. The van der Waals surface area contributed by atoms with Crippen LogP contribution in [0.1, 0.15) is 13.3 Å². The van der Waals surface area contributed by atoms with Crippen molar-refractivity contribution < 1.29 is 30.0 Å². The summed E-state index contributed by atoms with van der Waals surface area (Å²) in [5, 5.41) is 31.1. The van der Waals surface area contributed by atoms with E-state index in [2.05, 4.69) is 0 Å². The number of ether oxygens (including phenoxy) is 1. The summed E-state index contributed by atoms with van der Waals surface area (Å²) in [5.41, 5.74) is 0. The lowest BCUT2D eigenvalue weighted by molar-refractivity contribution is 0.0201. The molecular weight excluding hydrogens is 180 g/mol. The fourth-order valence-corrected chi connectivity index (χ4v) is 0.402. The maximum Gasteiger partial charge on any atom is 0.503 e. The van der Waals surface area contributed by atoms with Crippen LogP contribution in [0.2, 0.25) is 0 Å². The second kappa shape index (κ2) is 11.2. The molecule has 0 aromatic carbocycles. The topological polar surface area (TPSA) is 107 Å². The minimum atomic E-state index is -1.83. The monoisotopic (exact) mass is 196 g/mol. The van der Waals surface area contributed by atoms with Gasteiger partial charge in [-0.25, -0.2) is 4.79 Å². The Hall–Kier alpha value is -0.850. The third-order valence-electron chi connectivity index (χ3n) is 1.02. The van der Waals surface area contributed by atoms with Crippen LogP contribution in [0.25, 0.3) is 0 Å². The van der Waals surface area contributed by atoms with Crippen molar-refractivity contribution in [3.05, 3.63) is 0 Å². The van der Waals surface area contributed by atoms with Gasteiger partial charge >= 0.3 is 6.16 Å². The standard InChI is InChI=1S/C6H14O3.CH2O3/c1-2-6(8)5-9-4-3-7;2-1(3)4/h6-8H,2-5H2,1H3;(H2,2,3,4). The minimum absolute atomic E-state index is 0.0242. The number of aliphatic hydroxyl groups is 2. The minimum Gasteiger partial charge on any atom is -0.450 e. The van der Waals surface area contributed by atoms with E-state index in [1.807, 2.05) is 6.92 Å². The molecule has 0 aliphatic heterocycles. The van der Waals surface area contributed by atoms with E-state index in [0.717, 1.165) is 0 Å². The highest BCUT2D eigenvalue weighted by molar-refractivity contribution is 5.53. The molecule has 0 heterocycles. The van der Waals surface area contributed by atoms with Crippen molar-refractivity contribution in [2.45, 2.75) is 19.4 Å². The second-order valence-electron chi connectivity index (χ2n) is 2.14. The van der Waals surface area contributed by atoms with Gasteiger partial charge in [-0.05, 0) is 6.42 Å². The number of aliphatic hydroxyl groups excluding tert-OH is 2. The largest absolute Gasteiger partial charge is 0.503 e. The third kappa shape index (κ3) is 24.7. The van der Waals surface area contributed by atoms with Crippen LogP contribution in [0.5, 0.6) is 0 Å². The fraction of sp³-hybridized carbons (Fsp3) is 0.857. The van der Waals surface area contributed by atoms with Crippen LogP contribution in [0, 0.1) is 0 Å². The van der Waals surface area contributed by atoms with Gasteiger partial charge in [-0.15, -0.1) is 0 Å². The van der Waals surface area contributed by atoms with Gasteiger partial charge in [-0.2, -0.15) is 0 Å². The van der Waals surface area contributed by atoms with Crippen molar-refractivity contribution in [2.24, 2.45) is 0 Å². The molecule has 4 N–H and O–H groups in total. The smallest absolute Gasteiger partial charge is 0.450 e. The van der Waals surface area contributed by atoms with Crippen LogP contribution in [-0.2, 0) is 4.74 Å². The number of hydrogen-bond donors (Lipinski definition) is 4. The van der Waals surface area contributed by atoms with Gasteiger partial charge in [0.05, 0.1) is 25.9 Å². The van der Waals surface area contributed by atoms with Gasteiger partial charge in [0, 0.05) is 0 Å². The molecule has 13 heavy (non-hydrogen) atoms. The van der Waals surface area contributed by atoms with Crippen molar-refractivity contribution in [1.82, 2.24) is 0 Å². The normalized spacial score (nSPS) is 11.3. The SMILES string of the molecule is CCC(O)COCCO.O=C(O)O. The average molecular weight is 196 g/mol. The van der Waals surface area contributed by atoms with Gasteiger partial charge in [0.1, 0.15) is 0 Å². The molecule has 0 saturated carbocycles. The van der Waals surface area contributed by atoms with E-state index in [1.54, 1.807) is 0 Å². The first-order valence-corrected chi connectivity index (χ1v) is 3.83. The van der Waals surface area contributed by atoms with E-state index in [4.69, 9.17) is 30.0 Å². The zero-order valence-electron chi connectivity index (χ0n) is 7.51. The second-order valence-corrected chi connectivity index (χ2v) is 2.14. The van der Waals surface area contributed by atoms with Crippen LogP contribution >= 0.6 is 0 Å². The molecular formula is C7H16O6. The molecule has 0 bridgehead atoms. The predicted molar refractivity (Wildman–Crippen MR) is 44.9 cm³/mol. The summed E-state index contributed by atoms with van der Waals surface area (Å²) in [7, 11) is 0. The van der Waals surface area contributed by atoms with Crippen LogP contribution in [-0.4, -0.2) is 52.5 Å². The van der Waals surface area contributed by atoms with Crippen molar-refractivity contribution >= 4 is 6.16 Å². The highest BCUT2D eigenvalue weighted by atomic mass is 16.6. The van der Waals surface area contributed by atoms with Gasteiger partial charge in [-0.1, -0.05) is 6.92 Å². The van der Waals surface area contributed by atoms with Crippen LogP contribution in [0.15, 0.2) is 0 Å². The van der Waals surface area contributed by atoms with Crippen LogP contribution in [0.3, 0.4) is 0 Å². The number of carbonyl (C=O) groups is 1. The van der Waals surface area contributed by atoms with Crippen molar-refractivity contribution in [1.29, 1.82) is 0 Å². The Morgan fingerprint density at radius 2 is 1.92 bits per heavy atom. The molecule has 1 unspecified atom stereocenters. The molecule has 0 aromatic rings. The summed E-state index contributed by atoms with van der Waals surface area (Å²) < 4.78 is 4.84. The summed E-state index contributed by atoms with van der Waals surface area (Å²) >= 11 is 0. The highest BCUT2D eigenvalue weighted by Gasteiger charge is 1.97. The van der Waals surface area contributed by atoms with Crippen molar-refractivity contribution in [2.75, 3.05) is 19.8 Å². The molecule has 6 nitrogen and oxygen atoms in total. The molecule has 0 rings (SSSR count). The van der Waals surface area contributed by atoms with Gasteiger partial charge < -0.3 is 25.2 Å². The molecule has 0 spiro atoms. The van der Waals surface area contributed by atoms with E-state index in [0.29, 0.717) is 19.6 Å². The summed E-state index contributed by atoms with van der Waals surface area (Å²) in [6.07, 6.45) is -1.51. The lowest BCUT2D eigenvalue weighted by atomic mass is 10.3. The Bertz CT molecular complexity index is 112. The maximum absolute atomic E-state index is 8.88. The van der Waals surface area contributed by atoms with E-state index < -0.39 is 6.16 Å². The number of hydrogen-bond acceptors (Lipinski definition) is 4. The summed E-state index contributed by atoms with van der Waals surface area (Å²) in [5.74, 6) is 0. The average Bonchev–Trinajstić information content (AvgIpc) is 2.03. The summed E-state index contributed by atoms with van der Waals surface area (Å²) in [6, 6.07) is 0. The number of carboxylic acid groups (broad SMARTS) is 2. The maximum atomic E-state index is 8.88. The van der Waals surface area contributed by atoms with Gasteiger partial charge in [0.25, 0.3) is 0 Å². The molecule has 0 aliphatic rings. The molecule has 1 atom stereocenters. The van der Waals surface area contributed by atoms with Crippen molar-refractivity contribution in [3.8, 4) is 0 Å². The zero-order valence-corrected chi connectivity index (χ0v) is 7.51. The highest BCUT2D eigenvalue weighted by Crippen LogP contribution is 1.89. The van der Waals surface area contributed by atoms with Crippen LogP contribution in [0.4, 0.5) is 4.79 Å². The molecule has 0 aliphatic carbocycles. The Labute approximate surface area is 76.4 Å². The Kier molecular flexibility index (Phi) is 12.6. The first kappa shape index (κ1) is 14.7. The molecule has 6 heteroatoms. The first-order valence-electron chi connectivity index (χ1n) is 3.83. The Morgan fingerprint density at radius 1 is 1.46 bits per heavy atom. The van der Waals surface area contributed by atoms with Gasteiger partial charge in [0.2, 0.25) is 0 Å². The molecule has 0 aromatic heterocycles. The molecule has 80 valence electrons. The van der Waals surface area contributed by atoms with E-state index in [1.165, 1.54) is 0 Å². The quantitative estimate of drug-likeness (QED) is 0.460. The summed E-state index contributed by atoms with van der Waals surface area (Å²) in [4.78, 5) is 8.56. The Balaban J connectivity index is 0. The van der Waals surface area contributed by atoms with E-state index >= 15 is 0 Å². The fourth-order valence-electron chi connectivity index (χ4n) is 0.402. The third-order valence-corrected chi connectivity index (χ3v) is 1.02. The lowest BCUT2D eigenvalue weighted by Crippen LogP contribution is -2.15. The lowest BCUT2D eigenvalue weighted by Gasteiger charge is -2.06. The molecule has 0 saturated heterocycles. The molecule has 0 fully saturated rings. The van der Waals surface area contributed by atoms with Crippen molar-refractivity contribution in [3.63, 3.8) is 0 Å². The summed E-state index contributed by atoms with van der Waals surface area (Å²) in [6.45, 7) is 2.55. The Morgan fingerprint density at radius 3 is 2.23 bits per heavy atom. The van der Waals surface area contributed by atoms with Gasteiger partial charge in [-0.3, -0.25) is 0 Å². The van der Waals surface area contributed by atoms with Crippen LogP contribution < -0.4 is 0 Å². The first-order chi connectivity index (χ1) is 6.04. The number of rotatable bonds is 5. The zero-order chi connectivity index (χ0) is 10.7. The molecule has 0 radical (unpaired) electrons. The van der Waals surface area contributed by atoms with Gasteiger partial charge in [0.15, 0.2) is 0 Å². The molecule has 0 amide bonds.